The van der Waals surface area contributed by atoms with E-state index in [1.165, 1.54) is 0 Å². The van der Waals surface area contributed by atoms with Gasteiger partial charge in [0.25, 0.3) is 0 Å². The number of nitrogens with zero attached hydrogens (tertiary/aromatic N) is 1. The van der Waals surface area contributed by atoms with E-state index in [0.29, 0.717) is 23.5 Å². The Kier molecular flexibility index (Phi) is 6.54. The molecule has 0 aliphatic carbocycles. The number of rotatable bonds is 8. The van der Waals surface area contributed by atoms with Crippen molar-refractivity contribution in [3.8, 4) is 6.07 Å². The Bertz CT molecular complexity index is 631. The second-order valence-corrected chi connectivity index (χ2v) is 8.13. The lowest BCUT2D eigenvalue weighted by Crippen LogP contribution is -2.41. The molecule has 0 heterocycles. The van der Waals surface area contributed by atoms with Gasteiger partial charge in [0.2, 0.25) is 10.0 Å². The highest BCUT2D eigenvalue weighted by molar-refractivity contribution is 7.88. The summed E-state index contributed by atoms with van der Waals surface area (Å²) in [6.45, 7) is 5.74. The molecule has 0 aliphatic heterocycles. The molecule has 1 unspecified atom stereocenters. The summed E-state index contributed by atoms with van der Waals surface area (Å²) >= 11 is 0. The zero-order valence-electron chi connectivity index (χ0n) is 13.3. The van der Waals surface area contributed by atoms with Gasteiger partial charge in [0, 0.05) is 6.54 Å². The molecule has 0 radical (unpaired) electrons. The zero-order valence-corrected chi connectivity index (χ0v) is 14.2. The first-order chi connectivity index (χ1) is 10.1. The van der Waals surface area contributed by atoms with Gasteiger partial charge in [0.1, 0.15) is 0 Å². The molecule has 6 heteroatoms. The van der Waals surface area contributed by atoms with Gasteiger partial charge in [-0.1, -0.05) is 26.0 Å². The third kappa shape index (κ3) is 7.03. The Labute approximate surface area is 133 Å². The SMILES string of the molecule is CC(C)CCC(C)(O)CNS(=O)(=O)Cc1cccc(C#N)c1. The van der Waals surface area contributed by atoms with Gasteiger partial charge in [-0.05, 0) is 43.4 Å². The fourth-order valence-corrected chi connectivity index (χ4v) is 3.21. The second-order valence-electron chi connectivity index (χ2n) is 6.32. The van der Waals surface area contributed by atoms with Crippen molar-refractivity contribution in [1.82, 2.24) is 4.72 Å². The maximum absolute atomic E-state index is 12.1. The quantitative estimate of drug-likeness (QED) is 0.767. The molecule has 0 amide bonds. The molecular weight excluding hydrogens is 300 g/mol. The molecule has 122 valence electrons. The standard InChI is InChI=1S/C16H24N2O3S/c1-13(2)7-8-16(3,19)12-18-22(20,21)11-15-6-4-5-14(9-15)10-17/h4-6,9,13,18-19H,7-8,11-12H2,1-3H3. The summed E-state index contributed by atoms with van der Waals surface area (Å²) in [5.74, 6) is 0.250. The lowest BCUT2D eigenvalue weighted by molar-refractivity contribution is 0.0506. The van der Waals surface area contributed by atoms with Gasteiger partial charge in [-0.3, -0.25) is 0 Å². The van der Waals surface area contributed by atoms with Gasteiger partial charge in [-0.15, -0.1) is 0 Å². The first-order valence-corrected chi connectivity index (χ1v) is 8.97. The van der Waals surface area contributed by atoms with Crippen LogP contribution in [-0.4, -0.2) is 25.7 Å². The highest BCUT2D eigenvalue weighted by Gasteiger charge is 2.23. The van der Waals surface area contributed by atoms with Gasteiger partial charge in [-0.25, -0.2) is 13.1 Å². The molecule has 0 aromatic heterocycles. The molecule has 0 spiro atoms. The predicted octanol–water partition coefficient (Wildman–Crippen LogP) is 2.16. The van der Waals surface area contributed by atoms with E-state index in [2.05, 4.69) is 18.6 Å². The highest BCUT2D eigenvalue weighted by atomic mass is 32.2. The predicted molar refractivity (Wildman–Crippen MR) is 86.5 cm³/mol. The minimum atomic E-state index is -3.55. The van der Waals surface area contributed by atoms with Gasteiger partial charge < -0.3 is 5.11 Å². The summed E-state index contributed by atoms with van der Waals surface area (Å²) in [5.41, 5.74) is -0.0868. The van der Waals surface area contributed by atoms with Crippen LogP contribution in [0.25, 0.3) is 0 Å². The number of hydrogen-bond donors (Lipinski definition) is 2. The van der Waals surface area contributed by atoms with Crippen LogP contribution in [0.2, 0.25) is 0 Å². The van der Waals surface area contributed by atoms with Gasteiger partial charge >= 0.3 is 0 Å². The van der Waals surface area contributed by atoms with E-state index in [0.717, 1.165) is 6.42 Å². The number of nitrogens with one attached hydrogen (secondary N) is 1. The summed E-state index contributed by atoms with van der Waals surface area (Å²) in [6.07, 6.45) is 1.37. The van der Waals surface area contributed by atoms with Crippen molar-refractivity contribution in [3.63, 3.8) is 0 Å². The van der Waals surface area contributed by atoms with Crippen molar-refractivity contribution >= 4 is 10.0 Å². The van der Waals surface area contributed by atoms with Crippen LogP contribution in [0.1, 0.15) is 44.7 Å². The van der Waals surface area contributed by atoms with Crippen LogP contribution in [0.4, 0.5) is 0 Å². The van der Waals surface area contributed by atoms with Gasteiger partial charge in [-0.2, -0.15) is 5.26 Å². The van der Waals surface area contributed by atoms with E-state index >= 15 is 0 Å². The first kappa shape index (κ1) is 18.6. The maximum atomic E-state index is 12.1. The maximum Gasteiger partial charge on any atom is 0.215 e. The number of hydrogen-bond acceptors (Lipinski definition) is 4. The summed E-state index contributed by atoms with van der Waals surface area (Å²) in [5, 5.41) is 19.0. The lowest BCUT2D eigenvalue weighted by atomic mass is 9.96. The largest absolute Gasteiger partial charge is 0.389 e. The van der Waals surface area contributed by atoms with E-state index in [1.54, 1.807) is 31.2 Å². The molecule has 0 fully saturated rings. The zero-order chi connectivity index (χ0) is 16.8. The van der Waals surface area contributed by atoms with Crippen molar-refractivity contribution in [2.75, 3.05) is 6.54 Å². The number of benzene rings is 1. The molecule has 0 saturated heterocycles. The minimum absolute atomic E-state index is 0.0139. The molecule has 22 heavy (non-hydrogen) atoms. The molecule has 2 N–H and O–H groups in total. The first-order valence-electron chi connectivity index (χ1n) is 7.32. The second kappa shape index (κ2) is 7.73. The molecule has 1 aromatic rings. The van der Waals surface area contributed by atoms with E-state index in [-0.39, 0.29) is 12.3 Å². The summed E-state index contributed by atoms with van der Waals surface area (Å²) < 4.78 is 26.6. The van der Waals surface area contributed by atoms with Crippen molar-refractivity contribution in [1.29, 1.82) is 5.26 Å². The van der Waals surface area contributed by atoms with Crippen LogP contribution in [0, 0.1) is 17.2 Å². The average molecular weight is 324 g/mol. The van der Waals surface area contributed by atoms with Crippen molar-refractivity contribution < 1.29 is 13.5 Å². The molecule has 1 aromatic carbocycles. The minimum Gasteiger partial charge on any atom is -0.389 e. The lowest BCUT2D eigenvalue weighted by Gasteiger charge is -2.24. The normalized spacial score (nSPS) is 14.5. The van der Waals surface area contributed by atoms with Crippen LogP contribution in [0.15, 0.2) is 24.3 Å². The van der Waals surface area contributed by atoms with E-state index in [9.17, 15) is 13.5 Å². The van der Waals surface area contributed by atoms with Crippen molar-refractivity contribution in [3.05, 3.63) is 35.4 Å². The monoisotopic (exact) mass is 324 g/mol. The summed E-state index contributed by atoms with van der Waals surface area (Å²) in [4.78, 5) is 0. The highest BCUT2D eigenvalue weighted by Crippen LogP contribution is 2.16. The molecule has 0 saturated carbocycles. The Morgan fingerprint density at radius 3 is 2.68 bits per heavy atom. The van der Waals surface area contributed by atoms with Gasteiger partial charge in [0.05, 0.1) is 23.0 Å². The number of sulfonamides is 1. The average Bonchev–Trinajstić information content (AvgIpc) is 2.43. The Morgan fingerprint density at radius 1 is 1.41 bits per heavy atom. The number of nitriles is 1. The summed E-state index contributed by atoms with van der Waals surface area (Å²) in [6, 6.07) is 8.48. The van der Waals surface area contributed by atoms with Gasteiger partial charge in [0.15, 0.2) is 0 Å². The van der Waals surface area contributed by atoms with E-state index in [1.807, 2.05) is 6.07 Å². The van der Waals surface area contributed by atoms with E-state index < -0.39 is 15.6 Å². The fourth-order valence-electron chi connectivity index (χ4n) is 1.95. The topological polar surface area (TPSA) is 90.2 Å². The smallest absolute Gasteiger partial charge is 0.215 e. The summed E-state index contributed by atoms with van der Waals surface area (Å²) in [7, 11) is -3.55. The molecule has 0 bridgehead atoms. The molecule has 1 rings (SSSR count). The molecule has 1 atom stereocenters. The third-order valence-corrected chi connectivity index (χ3v) is 4.64. The number of aliphatic hydroxyl groups is 1. The van der Waals surface area contributed by atoms with E-state index in [4.69, 9.17) is 5.26 Å². The molecule has 5 nitrogen and oxygen atoms in total. The fraction of sp³-hybridized carbons (Fsp3) is 0.562. The molecule has 0 aliphatic rings. The Morgan fingerprint density at radius 2 is 2.09 bits per heavy atom. The Balaban J connectivity index is 2.62. The van der Waals surface area contributed by atoms with Crippen LogP contribution >= 0.6 is 0 Å². The third-order valence-electron chi connectivity index (χ3n) is 3.35. The van der Waals surface area contributed by atoms with Crippen LogP contribution in [0.3, 0.4) is 0 Å². The van der Waals surface area contributed by atoms with Crippen LogP contribution < -0.4 is 4.72 Å². The van der Waals surface area contributed by atoms with Crippen molar-refractivity contribution in [2.24, 2.45) is 5.92 Å². The Hall–Kier alpha value is -1.42. The van der Waals surface area contributed by atoms with Crippen LogP contribution in [-0.2, 0) is 15.8 Å². The van der Waals surface area contributed by atoms with Crippen molar-refractivity contribution in [2.45, 2.75) is 45.0 Å². The van der Waals surface area contributed by atoms with Crippen LogP contribution in [0.5, 0.6) is 0 Å². The molecular formula is C16H24N2O3S.